The number of unbranched alkanes of at least 4 members (excludes halogenated alkanes) is 2. The zero-order chi connectivity index (χ0) is 25.9. The maximum absolute atomic E-state index is 8.63. The van der Waals surface area contributed by atoms with Crippen molar-refractivity contribution in [2.24, 2.45) is 11.8 Å². The molecular weight excluding hydrogens is 432 g/mol. The summed E-state index contributed by atoms with van der Waals surface area (Å²) in [5.74, 6) is 1.38. The van der Waals surface area contributed by atoms with E-state index in [2.05, 4.69) is 27.7 Å². The van der Waals surface area contributed by atoms with Crippen molar-refractivity contribution >= 4 is 0 Å². The van der Waals surface area contributed by atoms with Gasteiger partial charge < -0.3 is 29.2 Å². The van der Waals surface area contributed by atoms with E-state index in [-0.39, 0.29) is 25.4 Å². The molecule has 0 saturated carbocycles. The second-order valence-corrected chi connectivity index (χ2v) is 9.43. The van der Waals surface area contributed by atoms with Gasteiger partial charge in [-0.15, -0.1) is 0 Å². The second-order valence-electron chi connectivity index (χ2n) is 9.43. The summed E-state index contributed by atoms with van der Waals surface area (Å²) >= 11 is 0. The highest BCUT2D eigenvalue weighted by atomic mass is 16.5. The first-order chi connectivity index (χ1) is 16.5. The zero-order valence-electron chi connectivity index (χ0n) is 23.6. The van der Waals surface area contributed by atoms with Crippen LogP contribution in [0.4, 0.5) is 0 Å². The second kappa shape index (κ2) is 29.0. The van der Waals surface area contributed by atoms with Gasteiger partial charge in [0, 0.05) is 39.6 Å². The van der Waals surface area contributed by atoms with Crippen LogP contribution in [0, 0.1) is 11.8 Å². The third-order valence-corrected chi connectivity index (χ3v) is 5.91. The molecule has 0 aromatic rings. The standard InChI is InChI=1S/2C14H30O3/c1-4-6-8-14(5-2)12-16-11-13(3)17-10-7-9-15;1-4-6-8-14(5-2)12-17-13(3)11-16-10-7-9-15/h2*13-15H,4-12H2,1-3H3. The van der Waals surface area contributed by atoms with Crippen LogP contribution in [0.3, 0.4) is 0 Å². The molecule has 6 heteroatoms. The van der Waals surface area contributed by atoms with Crippen LogP contribution in [0.5, 0.6) is 0 Å². The molecule has 208 valence electrons. The summed E-state index contributed by atoms with van der Waals surface area (Å²) in [6, 6.07) is 0. The molecule has 0 rings (SSSR count). The third kappa shape index (κ3) is 26.4. The fourth-order valence-corrected chi connectivity index (χ4v) is 3.36. The predicted molar refractivity (Wildman–Crippen MR) is 142 cm³/mol. The molecule has 0 aromatic carbocycles. The molecule has 34 heavy (non-hydrogen) atoms. The molecule has 4 atom stereocenters. The Morgan fingerprint density at radius 1 is 0.559 bits per heavy atom. The van der Waals surface area contributed by atoms with E-state index in [4.69, 9.17) is 29.2 Å². The minimum atomic E-state index is 0.130. The summed E-state index contributed by atoms with van der Waals surface area (Å²) in [4.78, 5) is 0. The summed E-state index contributed by atoms with van der Waals surface area (Å²) in [7, 11) is 0. The van der Waals surface area contributed by atoms with Crippen LogP contribution in [0.25, 0.3) is 0 Å². The number of hydrogen-bond acceptors (Lipinski definition) is 6. The Balaban J connectivity index is 0. The fraction of sp³-hybridized carbons (Fsp3) is 1.00. The van der Waals surface area contributed by atoms with Crippen molar-refractivity contribution in [2.45, 2.75) is 118 Å². The van der Waals surface area contributed by atoms with Crippen molar-refractivity contribution in [3.63, 3.8) is 0 Å². The molecular formula is C28H60O6. The minimum Gasteiger partial charge on any atom is -0.396 e. The largest absolute Gasteiger partial charge is 0.396 e. The van der Waals surface area contributed by atoms with E-state index in [9.17, 15) is 0 Å². The molecule has 0 spiro atoms. The monoisotopic (exact) mass is 492 g/mol. The van der Waals surface area contributed by atoms with Crippen molar-refractivity contribution in [1.82, 2.24) is 0 Å². The maximum Gasteiger partial charge on any atom is 0.0780 e. The van der Waals surface area contributed by atoms with Gasteiger partial charge in [-0.25, -0.2) is 0 Å². The Labute approximate surface area is 212 Å². The number of rotatable bonds is 24. The molecule has 0 aliphatic rings. The first-order valence-corrected chi connectivity index (χ1v) is 14.1. The van der Waals surface area contributed by atoms with Crippen LogP contribution < -0.4 is 0 Å². The van der Waals surface area contributed by atoms with Gasteiger partial charge in [0.15, 0.2) is 0 Å². The van der Waals surface area contributed by atoms with Gasteiger partial charge in [0.1, 0.15) is 0 Å². The normalized spacial score (nSPS) is 14.8. The lowest BCUT2D eigenvalue weighted by Crippen LogP contribution is -2.20. The molecule has 0 aromatic heterocycles. The van der Waals surface area contributed by atoms with Gasteiger partial charge in [-0.05, 0) is 51.4 Å². The van der Waals surface area contributed by atoms with Crippen LogP contribution >= 0.6 is 0 Å². The quantitative estimate of drug-likeness (QED) is 0.161. The van der Waals surface area contributed by atoms with Gasteiger partial charge in [0.2, 0.25) is 0 Å². The summed E-state index contributed by atoms with van der Waals surface area (Å²) in [5.41, 5.74) is 0. The fourth-order valence-electron chi connectivity index (χ4n) is 3.36. The van der Waals surface area contributed by atoms with E-state index in [0.717, 1.165) is 13.2 Å². The Kier molecular flexibility index (Phi) is 30.6. The summed E-state index contributed by atoms with van der Waals surface area (Å²) in [6.07, 6.45) is 11.7. The number of aliphatic hydroxyl groups excluding tert-OH is 2. The maximum atomic E-state index is 8.63. The van der Waals surface area contributed by atoms with E-state index >= 15 is 0 Å². The van der Waals surface area contributed by atoms with Gasteiger partial charge in [-0.2, -0.15) is 0 Å². The van der Waals surface area contributed by atoms with Crippen molar-refractivity contribution < 1.29 is 29.2 Å². The molecule has 0 fully saturated rings. The molecule has 4 unspecified atom stereocenters. The van der Waals surface area contributed by atoms with Crippen LogP contribution in [0.1, 0.15) is 106 Å². The average Bonchev–Trinajstić information content (AvgIpc) is 2.84. The molecule has 2 N–H and O–H groups in total. The number of ether oxygens (including phenoxy) is 4. The topological polar surface area (TPSA) is 77.4 Å². The first-order valence-electron chi connectivity index (χ1n) is 14.1. The molecule has 0 heterocycles. The van der Waals surface area contributed by atoms with E-state index in [0.29, 0.717) is 51.1 Å². The van der Waals surface area contributed by atoms with Gasteiger partial charge in [0.25, 0.3) is 0 Å². The lowest BCUT2D eigenvalue weighted by atomic mass is 10.0. The molecule has 0 aliphatic heterocycles. The first kappa shape index (κ1) is 35.9. The minimum absolute atomic E-state index is 0.130. The van der Waals surface area contributed by atoms with Crippen molar-refractivity contribution in [3.05, 3.63) is 0 Å². The van der Waals surface area contributed by atoms with E-state index in [1.165, 1.54) is 51.4 Å². The average molecular weight is 493 g/mol. The lowest BCUT2D eigenvalue weighted by molar-refractivity contribution is -0.0234. The highest BCUT2D eigenvalue weighted by Gasteiger charge is 2.10. The summed E-state index contributed by atoms with van der Waals surface area (Å²) < 4.78 is 22.4. The molecule has 6 nitrogen and oxygen atoms in total. The van der Waals surface area contributed by atoms with Gasteiger partial charge in [-0.3, -0.25) is 0 Å². The van der Waals surface area contributed by atoms with Gasteiger partial charge in [-0.1, -0.05) is 66.2 Å². The van der Waals surface area contributed by atoms with Crippen molar-refractivity contribution in [2.75, 3.05) is 52.9 Å². The van der Waals surface area contributed by atoms with Gasteiger partial charge >= 0.3 is 0 Å². The van der Waals surface area contributed by atoms with E-state index < -0.39 is 0 Å². The summed E-state index contributed by atoms with van der Waals surface area (Å²) in [6.45, 7) is 17.6. The van der Waals surface area contributed by atoms with Crippen LogP contribution in [-0.2, 0) is 18.9 Å². The Hall–Kier alpha value is -0.240. The lowest BCUT2D eigenvalue weighted by Gasteiger charge is -2.19. The highest BCUT2D eigenvalue weighted by Crippen LogP contribution is 2.14. The van der Waals surface area contributed by atoms with Crippen LogP contribution in [0.15, 0.2) is 0 Å². The SMILES string of the molecule is CCCCC(CC)COC(C)COCCCO.CCCCC(CC)COCC(C)OCCCO. The van der Waals surface area contributed by atoms with Gasteiger partial charge in [0.05, 0.1) is 25.4 Å². The molecule has 0 saturated heterocycles. The third-order valence-electron chi connectivity index (χ3n) is 5.91. The van der Waals surface area contributed by atoms with Crippen molar-refractivity contribution in [3.8, 4) is 0 Å². The molecule has 0 amide bonds. The predicted octanol–water partition coefficient (Wildman–Crippen LogP) is 6.01. The summed E-state index contributed by atoms with van der Waals surface area (Å²) in [5, 5.41) is 17.2. The van der Waals surface area contributed by atoms with Crippen molar-refractivity contribution in [1.29, 1.82) is 0 Å². The molecule has 0 bridgehead atoms. The molecule has 0 radical (unpaired) electrons. The highest BCUT2D eigenvalue weighted by molar-refractivity contribution is 4.58. The Morgan fingerprint density at radius 2 is 1.06 bits per heavy atom. The van der Waals surface area contributed by atoms with Crippen LogP contribution in [-0.4, -0.2) is 75.3 Å². The Morgan fingerprint density at radius 3 is 1.59 bits per heavy atom. The number of aliphatic hydroxyl groups is 2. The van der Waals surface area contributed by atoms with Crippen LogP contribution in [0.2, 0.25) is 0 Å². The molecule has 0 aliphatic carbocycles. The van der Waals surface area contributed by atoms with E-state index in [1.54, 1.807) is 0 Å². The zero-order valence-corrected chi connectivity index (χ0v) is 23.6. The smallest absolute Gasteiger partial charge is 0.0780 e. The van der Waals surface area contributed by atoms with E-state index in [1.807, 2.05) is 13.8 Å². The Bertz CT molecular complexity index is 369. The number of hydrogen-bond donors (Lipinski definition) is 2.